The molecule has 1 aliphatic rings. The van der Waals surface area contributed by atoms with Crippen molar-refractivity contribution in [3.63, 3.8) is 0 Å². The molecule has 1 rings (SSSR count). The molecule has 1 heterocycles. The van der Waals surface area contributed by atoms with Gasteiger partial charge in [0, 0.05) is 33.8 Å². The summed E-state index contributed by atoms with van der Waals surface area (Å²) >= 11 is 0. The van der Waals surface area contributed by atoms with Crippen molar-refractivity contribution >= 4 is 35.9 Å². The fourth-order valence-electron chi connectivity index (χ4n) is 3.15. The number of carboxylic acid groups (broad SMARTS) is 1. The van der Waals surface area contributed by atoms with E-state index >= 15 is 0 Å². The third-order valence-corrected chi connectivity index (χ3v) is 4.24. The van der Waals surface area contributed by atoms with Crippen LogP contribution in [0.15, 0.2) is 11.8 Å². The minimum atomic E-state index is -1.65. The first-order valence-corrected chi connectivity index (χ1v) is 10.8. The highest BCUT2D eigenvalue weighted by molar-refractivity contribution is 5.85. The molecule has 202 valence electrons. The van der Waals surface area contributed by atoms with Gasteiger partial charge < -0.3 is 38.8 Å². The summed E-state index contributed by atoms with van der Waals surface area (Å²) in [6, 6.07) is -1.41. The number of carboxylic acids is 1. The summed E-state index contributed by atoms with van der Waals surface area (Å²) in [5.74, 6) is -5.64. The van der Waals surface area contributed by atoms with Crippen LogP contribution in [0, 0.1) is 0 Å². The Labute approximate surface area is 207 Å². The number of carbonyl (C=O) groups is 6. The van der Waals surface area contributed by atoms with Crippen LogP contribution < -0.4 is 5.32 Å². The van der Waals surface area contributed by atoms with Gasteiger partial charge >= 0.3 is 35.9 Å². The smallest absolute Gasteiger partial charge is 0.408 e. The summed E-state index contributed by atoms with van der Waals surface area (Å²) in [6.07, 6.45) is -6.29. The Kier molecular flexibility index (Phi) is 10.7. The van der Waals surface area contributed by atoms with Crippen molar-refractivity contribution in [1.82, 2.24) is 5.32 Å². The van der Waals surface area contributed by atoms with E-state index in [-0.39, 0.29) is 0 Å². The minimum Gasteiger partial charge on any atom is -0.477 e. The summed E-state index contributed by atoms with van der Waals surface area (Å²) < 4.78 is 31.3. The maximum Gasteiger partial charge on any atom is 0.408 e. The van der Waals surface area contributed by atoms with E-state index in [1.54, 1.807) is 20.8 Å². The standard InChI is InChI=1S/C22H31NO13/c1-10(24)31-9-16(33-12(3)26)18(34-13(4)27)19-17(23-21(30)36-22(5,6)7)14(32-11(2)25)8-15(35-19)20(28)29/h8,14,16-19H,9H2,1-7H3,(H,23,30)(H,28,29)/t14-,16+,17+,18+,19+/m0/s1. The fourth-order valence-corrected chi connectivity index (χ4v) is 3.15. The van der Waals surface area contributed by atoms with Gasteiger partial charge in [0.2, 0.25) is 5.76 Å². The lowest BCUT2D eigenvalue weighted by Crippen LogP contribution is -2.62. The molecule has 2 N–H and O–H groups in total. The van der Waals surface area contributed by atoms with Crippen molar-refractivity contribution in [2.24, 2.45) is 0 Å². The van der Waals surface area contributed by atoms with E-state index < -0.39 is 84.4 Å². The molecule has 1 amide bonds. The van der Waals surface area contributed by atoms with E-state index in [4.69, 9.17) is 28.4 Å². The summed E-state index contributed by atoms with van der Waals surface area (Å²) in [6.45, 7) is 8.33. The number of alkyl carbamates (subject to hydrolysis) is 1. The number of esters is 4. The molecular weight excluding hydrogens is 486 g/mol. The van der Waals surface area contributed by atoms with Crippen LogP contribution in [-0.4, -0.2) is 83.7 Å². The summed E-state index contributed by atoms with van der Waals surface area (Å²) in [7, 11) is 0. The third-order valence-electron chi connectivity index (χ3n) is 4.24. The highest BCUT2D eigenvalue weighted by Crippen LogP contribution is 2.28. The number of hydrogen-bond acceptors (Lipinski definition) is 12. The molecule has 14 nitrogen and oxygen atoms in total. The molecule has 0 saturated heterocycles. The molecule has 0 saturated carbocycles. The van der Waals surface area contributed by atoms with Crippen LogP contribution in [0.2, 0.25) is 0 Å². The van der Waals surface area contributed by atoms with Gasteiger partial charge in [-0.1, -0.05) is 0 Å². The Morgan fingerprint density at radius 2 is 1.56 bits per heavy atom. The van der Waals surface area contributed by atoms with Gasteiger partial charge in [-0.15, -0.1) is 0 Å². The van der Waals surface area contributed by atoms with Crippen molar-refractivity contribution in [2.45, 2.75) is 84.5 Å². The van der Waals surface area contributed by atoms with Crippen molar-refractivity contribution in [2.75, 3.05) is 6.61 Å². The highest BCUT2D eigenvalue weighted by Gasteiger charge is 2.49. The maximum atomic E-state index is 12.6. The summed E-state index contributed by atoms with van der Waals surface area (Å²) in [5.41, 5.74) is -0.945. The zero-order valence-electron chi connectivity index (χ0n) is 21.0. The van der Waals surface area contributed by atoms with Crippen LogP contribution in [-0.2, 0) is 52.4 Å². The molecule has 14 heteroatoms. The largest absolute Gasteiger partial charge is 0.477 e. The van der Waals surface area contributed by atoms with E-state index in [9.17, 15) is 33.9 Å². The number of nitrogens with one attached hydrogen (secondary N) is 1. The molecule has 0 aromatic carbocycles. The van der Waals surface area contributed by atoms with E-state index in [0.29, 0.717) is 0 Å². The molecule has 0 aromatic heterocycles. The van der Waals surface area contributed by atoms with Crippen LogP contribution >= 0.6 is 0 Å². The van der Waals surface area contributed by atoms with Gasteiger partial charge in [-0.2, -0.15) is 0 Å². The van der Waals surface area contributed by atoms with Gasteiger partial charge in [0.1, 0.15) is 24.4 Å². The lowest BCUT2D eigenvalue weighted by atomic mass is 9.93. The fraction of sp³-hybridized carbons (Fsp3) is 0.636. The second-order valence-electron chi connectivity index (χ2n) is 8.69. The van der Waals surface area contributed by atoms with Gasteiger partial charge in [0.05, 0.1) is 0 Å². The van der Waals surface area contributed by atoms with Gasteiger partial charge in [-0.25, -0.2) is 9.59 Å². The number of aliphatic carboxylic acids is 1. The van der Waals surface area contributed by atoms with Crippen LogP contribution in [0.25, 0.3) is 0 Å². The third kappa shape index (κ3) is 10.2. The number of carbonyl (C=O) groups excluding carboxylic acids is 5. The molecule has 0 spiro atoms. The first-order chi connectivity index (χ1) is 16.5. The molecule has 1 aliphatic heterocycles. The first-order valence-electron chi connectivity index (χ1n) is 10.8. The van der Waals surface area contributed by atoms with Crippen LogP contribution in [0.4, 0.5) is 4.79 Å². The Morgan fingerprint density at radius 1 is 0.972 bits per heavy atom. The maximum absolute atomic E-state index is 12.6. The molecule has 0 unspecified atom stereocenters. The highest BCUT2D eigenvalue weighted by atomic mass is 16.6. The molecule has 0 radical (unpaired) electrons. The van der Waals surface area contributed by atoms with E-state index in [0.717, 1.165) is 33.8 Å². The molecule has 0 bridgehead atoms. The van der Waals surface area contributed by atoms with Gasteiger partial charge in [0.25, 0.3) is 0 Å². The van der Waals surface area contributed by atoms with Gasteiger partial charge in [-0.05, 0) is 20.8 Å². The Balaban J connectivity index is 3.62. The summed E-state index contributed by atoms with van der Waals surface area (Å²) in [5, 5.41) is 12.0. The number of ether oxygens (including phenoxy) is 6. The second kappa shape index (κ2) is 12.7. The second-order valence-corrected chi connectivity index (χ2v) is 8.69. The molecule has 36 heavy (non-hydrogen) atoms. The van der Waals surface area contributed by atoms with Crippen molar-refractivity contribution in [1.29, 1.82) is 0 Å². The monoisotopic (exact) mass is 517 g/mol. The van der Waals surface area contributed by atoms with Crippen molar-refractivity contribution in [3.05, 3.63) is 11.8 Å². The molecule has 0 aliphatic carbocycles. The Morgan fingerprint density at radius 3 is 2.00 bits per heavy atom. The van der Waals surface area contributed by atoms with E-state index in [1.807, 2.05) is 0 Å². The lowest BCUT2D eigenvalue weighted by Gasteiger charge is -2.41. The predicted octanol–water partition coefficient (Wildman–Crippen LogP) is 0.605. The van der Waals surface area contributed by atoms with Gasteiger partial charge in [0.15, 0.2) is 18.3 Å². The molecule has 5 atom stereocenters. The Bertz CT molecular complexity index is 904. The average molecular weight is 517 g/mol. The predicted molar refractivity (Wildman–Crippen MR) is 117 cm³/mol. The number of rotatable bonds is 9. The van der Waals surface area contributed by atoms with Crippen LogP contribution in [0.5, 0.6) is 0 Å². The lowest BCUT2D eigenvalue weighted by molar-refractivity contribution is -0.191. The van der Waals surface area contributed by atoms with Crippen LogP contribution in [0.1, 0.15) is 48.5 Å². The minimum absolute atomic E-state index is 0.615. The number of hydrogen-bond donors (Lipinski definition) is 2. The van der Waals surface area contributed by atoms with Crippen molar-refractivity contribution < 1.29 is 62.3 Å². The quantitative estimate of drug-likeness (QED) is 0.320. The van der Waals surface area contributed by atoms with Crippen LogP contribution in [0.3, 0.4) is 0 Å². The van der Waals surface area contributed by atoms with Crippen molar-refractivity contribution in [3.8, 4) is 0 Å². The zero-order chi connectivity index (χ0) is 27.8. The SMILES string of the molecule is CC(=O)OC[C@@H](OC(C)=O)[C@@H](OC(C)=O)[C@@H]1OC(C(=O)O)=C[C@H](OC(C)=O)[C@H]1NC(=O)OC(C)(C)C. The Hall–Kier alpha value is -3.84. The molecular formula is C22H31NO13. The topological polar surface area (TPSA) is 190 Å². The van der Waals surface area contributed by atoms with Gasteiger partial charge in [-0.3, -0.25) is 19.2 Å². The van der Waals surface area contributed by atoms with E-state index in [1.165, 1.54) is 0 Å². The zero-order valence-corrected chi connectivity index (χ0v) is 21.0. The first kappa shape index (κ1) is 30.2. The molecule has 0 aromatic rings. The van der Waals surface area contributed by atoms with E-state index in [2.05, 4.69) is 5.32 Å². The summed E-state index contributed by atoms with van der Waals surface area (Å²) in [4.78, 5) is 71.2. The molecule has 0 fully saturated rings. The normalized spacial score (nSPS) is 20.9. The number of amides is 1. The average Bonchev–Trinajstić information content (AvgIpc) is 2.68.